The van der Waals surface area contributed by atoms with Crippen LogP contribution < -0.4 is 4.74 Å². The van der Waals surface area contributed by atoms with E-state index in [4.69, 9.17) is 4.74 Å². The second kappa shape index (κ2) is 11.8. The van der Waals surface area contributed by atoms with Gasteiger partial charge in [0.25, 0.3) is 0 Å². The summed E-state index contributed by atoms with van der Waals surface area (Å²) in [5.41, 5.74) is 1.27. The molecule has 0 aromatic heterocycles. The van der Waals surface area contributed by atoms with E-state index in [0.717, 1.165) is 11.5 Å². The largest absolute Gasteiger partial charge is 0.726 e. The van der Waals surface area contributed by atoms with Crippen LogP contribution >= 0.6 is 0 Å². The fraction of sp³-hybridized carbons (Fsp3) is 0.333. The fourth-order valence-electron chi connectivity index (χ4n) is 1.99. The van der Waals surface area contributed by atoms with Crippen molar-refractivity contribution in [2.24, 2.45) is 0 Å². The summed E-state index contributed by atoms with van der Waals surface area (Å²) in [5, 5.41) is 9.28. The van der Waals surface area contributed by atoms with Gasteiger partial charge in [0.1, 0.15) is 23.5 Å². The highest BCUT2D eigenvalue weighted by molar-refractivity contribution is 7.95. The summed E-state index contributed by atoms with van der Waals surface area (Å²) < 4.78 is 42.4. The van der Waals surface area contributed by atoms with E-state index < -0.39 is 10.4 Å². The molecule has 1 unspecified atom stereocenters. The third-order valence-corrected chi connectivity index (χ3v) is 5.57. The lowest BCUT2D eigenvalue weighted by atomic mass is 10.2. The first-order valence-electron chi connectivity index (χ1n) is 7.89. The van der Waals surface area contributed by atoms with Crippen molar-refractivity contribution < 1.29 is 31.7 Å². The van der Waals surface area contributed by atoms with Gasteiger partial charge in [0, 0.05) is 23.6 Å². The van der Waals surface area contributed by atoms with Crippen LogP contribution in [0.4, 0.5) is 0 Å². The summed E-state index contributed by atoms with van der Waals surface area (Å²) in [4.78, 5) is 1.26. The summed E-state index contributed by atoms with van der Waals surface area (Å²) in [6.07, 6.45) is 2.21. The second-order valence-electron chi connectivity index (χ2n) is 5.35. The first kappa shape index (κ1) is 23.3. The van der Waals surface area contributed by atoms with Crippen molar-refractivity contribution in [3.8, 4) is 11.5 Å². The Hall–Kier alpha value is -1.78. The Balaban J connectivity index is 0.000000345. The van der Waals surface area contributed by atoms with Crippen LogP contribution in [0.15, 0.2) is 53.4 Å². The zero-order valence-electron chi connectivity index (χ0n) is 15.5. The molecule has 0 aliphatic heterocycles. The van der Waals surface area contributed by atoms with Crippen LogP contribution in [0.25, 0.3) is 0 Å². The van der Waals surface area contributed by atoms with Crippen molar-refractivity contribution in [3.05, 3.63) is 54.1 Å². The SMILES string of the molecule is COCCOS(=O)(=O)[O-].COc1cccc(C[S+](C)c2ccc(O)cc2)c1. The van der Waals surface area contributed by atoms with Gasteiger partial charge >= 0.3 is 0 Å². The van der Waals surface area contributed by atoms with Crippen molar-refractivity contribution in [2.45, 2.75) is 10.6 Å². The number of hydrogen-bond acceptors (Lipinski definition) is 7. The molecule has 0 aliphatic rings. The number of methoxy groups -OCH3 is 2. The molecule has 9 heteroatoms. The summed E-state index contributed by atoms with van der Waals surface area (Å²) in [6.45, 7) is -0.121. The normalized spacial score (nSPS) is 12.0. The molecule has 1 N–H and O–H groups in total. The minimum Gasteiger partial charge on any atom is -0.726 e. The average molecular weight is 417 g/mol. The summed E-state index contributed by atoms with van der Waals surface area (Å²) >= 11 is 0. The molecule has 0 fully saturated rings. The van der Waals surface area contributed by atoms with Crippen LogP contribution in [-0.4, -0.2) is 51.8 Å². The standard InChI is InChI=1S/C15H16O2S.C3H8O5S/c1-17-14-5-3-4-12(10-14)11-18(2)15-8-6-13(16)7-9-15;1-7-2-3-8-9(4,5)6/h3-10H,11H2,1-2H3;2-3H2,1H3,(H,4,5,6). The lowest BCUT2D eigenvalue weighted by Gasteiger charge is -2.05. The van der Waals surface area contributed by atoms with Crippen molar-refractivity contribution in [1.29, 1.82) is 0 Å². The minimum absolute atomic E-state index is 0.0987. The van der Waals surface area contributed by atoms with Gasteiger partial charge < -0.3 is 19.1 Å². The van der Waals surface area contributed by atoms with Gasteiger partial charge in [-0.2, -0.15) is 0 Å². The summed E-state index contributed by atoms with van der Waals surface area (Å²) in [5.74, 6) is 2.20. The molecule has 2 aromatic rings. The quantitative estimate of drug-likeness (QED) is 0.305. The molecule has 27 heavy (non-hydrogen) atoms. The highest BCUT2D eigenvalue weighted by Gasteiger charge is 2.16. The number of rotatable bonds is 8. The molecule has 0 aliphatic carbocycles. The van der Waals surface area contributed by atoms with E-state index in [-0.39, 0.29) is 24.1 Å². The van der Waals surface area contributed by atoms with E-state index >= 15 is 0 Å². The molecule has 1 atom stereocenters. The van der Waals surface area contributed by atoms with E-state index in [1.165, 1.54) is 17.6 Å². The maximum atomic E-state index is 9.67. The van der Waals surface area contributed by atoms with Crippen LogP contribution in [-0.2, 0) is 36.0 Å². The molecule has 0 bridgehead atoms. The Morgan fingerprint density at radius 2 is 1.74 bits per heavy atom. The third kappa shape index (κ3) is 10.2. The molecule has 0 amide bonds. The highest BCUT2D eigenvalue weighted by atomic mass is 32.3. The second-order valence-corrected chi connectivity index (χ2v) is 8.44. The van der Waals surface area contributed by atoms with Gasteiger partial charge in [-0.05, 0) is 36.4 Å². The van der Waals surface area contributed by atoms with E-state index in [1.807, 2.05) is 24.3 Å². The Morgan fingerprint density at radius 1 is 1.07 bits per heavy atom. The molecule has 0 saturated heterocycles. The van der Waals surface area contributed by atoms with Crippen LogP contribution in [0.1, 0.15) is 5.56 Å². The molecular weight excluding hydrogens is 392 g/mol. The topological polar surface area (TPSA) is 105 Å². The number of hydrogen-bond donors (Lipinski definition) is 1. The predicted octanol–water partition coefficient (Wildman–Crippen LogP) is 2.32. The minimum atomic E-state index is -4.53. The van der Waals surface area contributed by atoms with Gasteiger partial charge in [-0.25, -0.2) is 8.42 Å². The first-order valence-corrected chi connectivity index (χ1v) is 11.0. The molecule has 150 valence electrons. The number of aromatic hydroxyl groups is 1. The third-order valence-electron chi connectivity index (χ3n) is 3.27. The van der Waals surface area contributed by atoms with Gasteiger partial charge in [-0.1, -0.05) is 12.1 Å². The van der Waals surface area contributed by atoms with Gasteiger partial charge in [0.05, 0.1) is 20.3 Å². The Bertz CT molecular complexity index is 777. The van der Waals surface area contributed by atoms with Gasteiger partial charge in [-0.3, -0.25) is 4.18 Å². The van der Waals surface area contributed by atoms with Crippen molar-refractivity contribution in [2.75, 3.05) is 33.7 Å². The maximum absolute atomic E-state index is 9.67. The van der Waals surface area contributed by atoms with Crippen LogP contribution in [0.3, 0.4) is 0 Å². The highest BCUT2D eigenvalue weighted by Crippen LogP contribution is 2.21. The predicted molar refractivity (Wildman–Crippen MR) is 104 cm³/mol. The molecule has 2 rings (SSSR count). The lowest BCUT2D eigenvalue weighted by molar-refractivity contribution is 0.139. The maximum Gasteiger partial charge on any atom is 0.217 e. The van der Waals surface area contributed by atoms with Gasteiger partial charge in [-0.15, -0.1) is 0 Å². The van der Waals surface area contributed by atoms with Crippen molar-refractivity contribution in [1.82, 2.24) is 0 Å². The lowest BCUT2D eigenvalue weighted by Crippen LogP contribution is -2.08. The number of phenolic OH excluding ortho intramolecular Hbond substituents is 1. The molecule has 0 saturated carbocycles. The molecule has 0 heterocycles. The zero-order valence-corrected chi connectivity index (χ0v) is 17.1. The smallest absolute Gasteiger partial charge is 0.217 e. The van der Waals surface area contributed by atoms with Crippen molar-refractivity contribution >= 4 is 21.3 Å². The van der Waals surface area contributed by atoms with E-state index in [1.54, 1.807) is 19.2 Å². The molecular formula is C18H24O7S2. The Kier molecular flexibility index (Phi) is 10.2. The number of benzene rings is 2. The molecule has 7 nitrogen and oxygen atoms in total. The van der Waals surface area contributed by atoms with E-state index in [0.29, 0.717) is 5.75 Å². The van der Waals surface area contributed by atoms with Gasteiger partial charge in [0.15, 0.2) is 4.90 Å². The Labute approximate surface area is 163 Å². The summed E-state index contributed by atoms with van der Waals surface area (Å²) in [6, 6.07) is 15.6. The number of phenols is 1. The zero-order chi connectivity index (χ0) is 20.3. The van der Waals surface area contributed by atoms with E-state index in [2.05, 4.69) is 27.3 Å². The van der Waals surface area contributed by atoms with Crippen LogP contribution in [0, 0.1) is 0 Å². The van der Waals surface area contributed by atoms with Crippen LogP contribution in [0.2, 0.25) is 0 Å². The molecule has 2 aromatic carbocycles. The number of ether oxygens (including phenoxy) is 2. The Morgan fingerprint density at radius 3 is 2.30 bits per heavy atom. The van der Waals surface area contributed by atoms with Crippen LogP contribution in [0.5, 0.6) is 11.5 Å². The van der Waals surface area contributed by atoms with Gasteiger partial charge in [0.2, 0.25) is 10.4 Å². The van der Waals surface area contributed by atoms with Crippen molar-refractivity contribution in [3.63, 3.8) is 0 Å². The first-order chi connectivity index (χ1) is 12.7. The van der Waals surface area contributed by atoms with E-state index in [9.17, 15) is 18.1 Å². The average Bonchev–Trinajstić information content (AvgIpc) is 2.62. The molecule has 0 radical (unpaired) electrons. The molecule has 0 spiro atoms. The monoisotopic (exact) mass is 416 g/mol. The fourth-order valence-corrected chi connectivity index (χ4v) is 3.71. The summed E-state index contributed by atoms with van der Waals surface area (Å²) in [7, 11) is -1.33.